The monoisotopic (exact) mass is 542 g/mol. The number of nitrogens with zero attached hydrogens (tertiary/aromatic N) is 2. The van der Waals surface area contributed by atoms with Crippen molar-refractivity contribution in [3.8, 4) is 17.2 Å². The second-order valence-electron chi connectivity index (χ2n) is 8.61. The van der Waals surface area contributed by atoms with E-state index >= 15 is 0 Å². The first-order valence-electron chi connectivity index (χ1n) is 12.2. The van der Waals surface area contributed by atoms with Crippen LogP contribution < -0.4 is 24.4 Å². The van der Waals surface area contributed by atoms with Gasteiger partial charge in [0.15, 0.2) is 16.3 Å². The van der Waals surface area contributed by atoms with E-state index in [1.807, 2.05) is 30.3 Å². The molecule has 0 bridgehead atoms. The van der Waals surface area contributed by atoms with E-state index < -0.39 is 12.0 Å². The average Bonchev–Trinajstić information content (AvgIpc) is 3.26. The number of hydrogen-bond donors (Lipinski definition) is 1. The summed E-state index contributed by atoms with van der Waals surface area (Å²) in [5.41, 5.74) is 2.20. The molecule has 3 aromatic carbocycles. The Bertz CT molecular complexity index is 1750. The lowest BCUT2D eigenvalue weighted by Crippen LogP contribution is -2.40. The average molecular weight is 543 g/mol. The molecule has 0 saturated carbocycles. The third kappa shape index (κ3) is 4.84. The Labute approximate surface area is 228 Å². The summed E-state index contributed by atoms with van der Waals surface area (Å²) in [6.07, 6.45) is 1.69. The number of para-hydroxylation sites is 1. The van der Waals surface area contributed by atoms with E-state index in [1.165, 1.54) is 30.1 Å². The zero-order valence-corrected chi connectivity index (χ0v) is 22.4. The van der Waals surface area contributed by atoms with Gasteiger partial charge in [-0.25, -0.2) is 9.79 Å². The molecule has 2 heterocycles. The molecule has 0 aliphatic carbocycles. The van der Waals surface area contributed by atoms with Gasteiger partial charge in [0.25, 0.3) is 5.56 Å². The molecule has 198 valence electrons. The van der Waals surface area contributed by atoms with Crippen LogP contribution in [0.5, 0.6) is 17.2 Å². The molecule has 1 aliphatic heterocycles. The maximum absolute atomic E-state index is 14.0. The van der Waals surface area contributed by atoms with Gasteiger partial charge in [0.2, 0.25) is 0 Å². The second kappa shape index (κ2) is 11.0. The van der Waals surface area contributed by atoms with Crippen LogP contribution in [0.2, 0.25) is 0 Å². The number of carbonyl (C=O) groups excluding carboxylic acids is 1. The van der Waals surface area contributed by atoms with Crippen LogP contribution in [0, 0.1) is 0 Å². The van der Waals surface area contributed by atoms with Gasteiger partial charge in [-0.1, -0.05) is 65.9 Å². The number of esters is 1. The normalized spacial score (nSPS) is 14.9. The fourth-order valence-electron chi connectivity index (χ4n) is 4.63. The minimum Gasteiger partial charge on any atom is -0.508 e. The lowest BCUT2D eigenvalue weighted by molar-refractivity contribution is -0.138. The van der Waals surface area contributed by atoms with Crippen molar-refractivity contribution in [3.05, 3.63) is 115 Å². The highest BCUT2D eigenvalue weighted by molar-refractivity contribution is 7.07. The largest absolute Gasteiger partial charge is 0.508 e. The molecule has 0 saturated heterocycles. The van der Waals surface area contributed by atoms with E-state index in [2.05, 4.69) is 0 Å². The molecular formula is C30H26N2O6S. The van der Waals surface area contributed by atoms with Crippen LogP contribution in [0.4, 0.5) is 0 Å². The molecule has 0 amide bonds. The second-order valence-corrected chi connectivity index (χ2v) is 9.62. The number of benzene rings is 3. The predicted octanol–water partition coefficient (Wildman–Crippen LogP) is 3.66. The number of aromatic nitrogens is 1. The van der Waals surface area contributed by atoms with Crippen molar-refractivity contribution in [2.75, 3.05) is 20.8 Å². The molecule has 39 heavy (non-hydrogen) atoms. The maximum atomic E-state index is 14.0. The molecule has 8 nitrogen and oxygen atoms in total. The third-order valence-electron chi connectivity index (χ3n) is 6.27. The number of methoxy groups -OCH3 is 2. The van der Waals surface area contributed by atoms with Crippen LogP contribution in [0.15, 0.2) is 88.2 Å². The molecule has 0 radical (unpaired) electrons. The summed E-state index contributed by atoms with van der Waals surface area (Å²) in [6.45, 7) is 1.88. The Morgan fingerprint density at radius 2 is 1.82 bits per heavy atom. The van der Waals surface area contributed by atoms with Crippen LogP contribution in [-0.2, 0) is 9.53 Å². The molecule has 1 N–H and O–H groups in total. The van der Waals surface area contributed by atoms with Gasteiger partial charge >= 0.3 is 5.97 Å². The zero-order valence-electron chi connectivity index (χ0n) is 21.6. The van der Waals surface area contributed by atoms with Gasteiger partial charge in [-0.05, 0) is 36.8 Å². The van der Waals surface area contributed by atoms with Crippen molar-refractivity contribution in [3.63, 3.8) is 0 Å². The van der Waals surface area contributed by atoms with Crippen molar-refractivity contribution in [1.29, 1.82) is 0 Å². The fourth-order valence-corrected chi connectivity index (χ4v) is 5.63. The van der Waals surface area contributed by atoms with Crippen LogP contribution in [0.25, 0.3) is 11.8 Å². The van der Waals surface area contributed by atoms with Gasteiger partial charge in [-0.2, -0.15) is 0 Å². The highest BCUT2D eigenvalue weighted by atomic mass is 32.1. The van der Waals surface area contributed by atoms with Crippen molar-refractivity contribution < 1.29 is 24.1 Å². The maximum Gasteiger partial charge on any atom is 0.338 e. The highest BCUT2D eigenvalue weighted by Crippen LogP contribution is 2.42. The number of carbonyl (C=O) groups is 1. The summed E-state index contributed by atoms with van der Waals surface area (Å²) in [7, 11) is 3.04. The first kappa shape index (κ1) is 26.0. The van der Waals surface area contributed by atoms with Crippen LogP contribution in [-0.4, -0.2) is 36.5 Å². The Morgan fingerprint density at radius 1 is 1.05 bits per heavy atom. The first-order valence-corrected chi connectivity index (χ1v) is 13.1. The molecule has 0 spiro atoms. The summed E-state index contributed by atoms with van der Waals surface area (Å²) in [4.78, 5) is 32.8. The van der Waals surface area contributed by atoms with Gasteiger partial charge < -0.3 is 19.3 Å². The summed E-state index contributed by atoms with van der Waals surface area (Å²) < 4.78 is 18.7. The Hall–Kier alpha value is -4.63. The number of rotatable bonds is 7. The minimum atomic E-state index is -0.910. The van der Waals surface area contributed by atoms with Crippen molar-refractivity contribution in [1.82, 2.24) is 4.57 Å². The number of hydrogen-bond acceptors (Lipinski definition) is 8. The van der Waals surface area contributed by atoms with Crippen LogP contribution >= 0.6 is 11.3 Å². The van der Waals surface area contributed by atoms with E-state index in [1.54, 1.807) is 55.5 Å². The molecular weight excluding hydrogens is 516 g/mol. The molecule has 5 rings (SSSR count). The highest BCUT2D eigenvalue weighted by Gasteiger charge is 2.37. The number of fused-ring (bicyclic) bond motifs is 1. The molecule has 1 aromatic heterocycles. The van der Waals surface area contributed by atoms with Gasteiger partial charge in [0.1, 0.15) is 11.8 Å². The SMILES string of the molecule is CCOC(=O)C1=C(c2ccccc2)N=c2s/c(=C\c3cccc(O)c3)c(=O)n2[C@@H]1c1cccc(OC)c1OC. The zero-order chi connectivity index (χ0) is 27.5. The summed E-state index contributed by atoms with van der Waals surface area (Å²) >= 11 is 1.20. The Morgan fingerprint density at radius 3 is 2.51 bits per heavy atom. The van der Waals surface area contributed by atoms with E-state index in [9.17, 15) is 14.7 Å². The number of thiazole rings is 1. The molecule has 4 aromatic rings. The number of ether oxygens (including phenoxy) is 3. The van der Waals surface area contributed by atoms with E-state index in [0.29, 0.717) is 43.2 Å². The standard InChI is InChI=1S/C30H26N2O6S/c1-4-38-29(35)24-25(19-11-6-5-7-12-19)31-30-32(26(24)21-14-9-15-22(36-2)27(21)37-3)28(34)23(39-30)17-18-10-8-13-20(33)16-18/h5-17,26,33H,4H2,1-3H3/b23-17-/t26-/m1/s1. The van der Waals surface area contributed by atoms with Crippen LogP contribution in [0.3, 0.4) is 0 Å². The predicted molar refractivity (Wildman–Crippen MR) is 149 cm³/mol. The topological polar surface area (TPSA) is 99.4 Å². The van der Waals surface area contributed by atoms with Gasteiger partial charge in [-0.3, -0.25) is 9.36 Å². The molecule has 1 aliphatic rings. The molecule has 0 fully saturated rings. The molecule has 9 heteroatoms. The number of phenols is 1. The Balaban J connectivity index is 1.89. The minimum absolute atomic E-state index is 0.0893. The van der Waals surface area contributed by atoms with E-state index in [-0.39, 0.29) is 23.5 Å². The third-order valence-corrected chi connectivity index (χ3v) is 7.25. The fraction of sp³-hybridized carbons (Fsp3) is 0.167. The number of phenolic OH excluding ortho intramolecular Hbond substituents is 1. The number of aromatic hydroxyl groups is 1. The van der Waals surface area contributed by atoms with Crippen molar-refractivity contribution >= 4 is 29.1 Å². The Kier molecular flexibility index (Phi) is 7.33. The van der Waals surface area contributed by atoms with Gasteiger partial charge in [0, 0.05) is 11.1 Å². The van der Waals surface area contributed by atoms with Crippen molar-refractivity contribution in [2.45, 2.75) is 13.0 Å². The summed E-state index contributed by atoms with van der Waals surface area (Å²) in [5, 5.41) is 9.93. The first-order chi connectivity index (χ1) is 19.0. The summed E-state index contributed by atoms with van der Waals surface area (Å²) in [5.74, 6) is 0.353. The van der Waals surface area contributed by atoms with E-state index in [4.69, 9.17) is 19.2 Å². The summed E-state index contributed by atoms with van der Waals surface area (Å²) in [6, 6.07) is 20.4. The lowest BCUT2D eigenvalue weighted by atomic mass is 9.92. The molecule has 1 atom stereocenters. The quantitative estimate of drug-likeness (QED) is 0.358. The van der Waals surface area contributed by atoms with Gasteiger partial charge in [-0.15, -0.1) is 0 Å². The van der Waals surface area contributed by atoms with E-state index in [0.717, 1.165) is 0 Å². The van der Waals surface area contributed by atoms with Gasteiger partial charge in [0.05, 0.1) is 36.6 Å². The smallest absolute Gasteiger partial charge is 0.338 e. The molecule has 0 unspecified atom stereocenters. The van der Waals surface area contributed by atoms with Crippen LogP contribution in [0.1, 0.15) is 29.7 Å². The lowest BCUT2D eigenvalue weighted by Gasteiger charge is -2.27. The van der Waals surface area contributed by atoms with Crippen molar-refractivity contribution in [2.24, 2.45) is 4.99 Å².